The molecular weight excluding hydrogens is 230 g/mol. The molecule has 0 bridgehead atoms. The van der Waals surface area contributed by atoms with E-state index in [0.29, 0.717) is 16.9 Å². The first-order chi connectivity index (χ1) is 8.58. The van der Waals surface area contributed by atoms with Gasteiger partial charge in [0.15, 0.2) is 5.78 Å². The van der Waals surface area contributed by atoms with Crippen LogP contribution < -0.4 is 5.32 Å². The lowest BCUT2D eigenvalue weighted by atomic mass is 10.1. The molecule has 1 heterocycles. The van der Waals surface area contributed by atoms with Crippen LogP contribution in [0, 0.1) is 0 Å². The van der Waals surface area contributed by atoms with Gasteiger partial charge in [-0.25, -0.2) is 0 Å². The van der Waals surface area contributed by atoms with Crippen molar-refractivity contribution < 1.29 is 9.59 Å². The Morgan fingerprint density at radius 1 is 1.28 bits per heavy atom. The van der Waals surface area contributed by atoms with Crippen molar-refractivity contribution in [1.82, 2.24) is 9.78 Å². The zero-order valence-electron chi connectivity index (χ0n) is 10.2. The number of hydrogen-bond donors (Lipinski definition) is 1. The summed E-state index contributed by atoms with van der Waals surface area (Å²) in [5.74, 6) is -0.290. The van der Waals surface area contributed by atoms with Crippen LogP contribution in [0.2, 0.25) is 0 Å². The summed E-state index contributed by atoms with van der Waals surface area (Å²) in [5, 5.41) is 6.66. The average Bonchev–Trinajstić information content (AvgIpc) is 2.76. The van der Waals surface area contributed by atoms with Crippen molar-refractivity contribution in [1.29, 1.82) is 0 Å². The molecule has 0 aliphatic carbocycles. The van der Waals surface area contributed by atoms with E-state index in [2.05, 4.69) is 10.4 Å². The van der Waals surface area contributed by atoms with Crippen LogP contribution >= 0.6 is 0 Å². The van der Waals surface area contributed by atoms with Gasteiger partial charge in [-0.3, -0.25) is 14.3 Å². The van der Waals surface area contributed by atoms with E-state index in [-0.39, 0.29) is 11.7 Å². The van der Waals surface area contributed by atoms with Gasteiger partial charge in [-0.15, -0.1) is 0 Å². The Hall–Kier alpha value is -2.43. The van der Waals surface area contributed by atoms with Crippen molar-refractivity contribution in [3.8, 4) is 0 Å². The summed E-state index contributed by atoms with van der Waals surface area (Å²) >= 11 is 0. The number of amides is 1. The highest BCUT2D eigenvalue weighted by Gasteiger charge is 2.10. The molecule has 92 valence electrons. The van der Waals surface area contributed by atoms with Crippen molar-refractivity contribution in [2.75, 3.05) is 5.32 Å². The van der Waals surface area contributed by atoms with E-state index < -0.39 is 0 Å². The minimum atomic E-state index is -0.254. The van der Waals surface area contributed by atoms with Crippen LogP contribution in [0.25, 0.3) is 0 Å². The molecule has 0 saturated carbocycles. The van der Waals surface area contributed by atoms with Gasteiger partial charge < -0.3 is 5.32 Å². The third kappa shape index (κ3) is 2.45. The van der Waals surface area contributed by atoms with Crippen LogP contribution in [-0.2, 0) is 7.05 Å². The topological polar surface area (TPSA) is 64.0 Å². The molecule has 5 heteroatoms. The molecule has 0 spiro atoms. The van der Waals surface area contributed by atoms with E-state index in [1.807, 2.05) is 0 Å². The van der Waals surface area contributed by atoms with Gasteiger partial charge in [0.05, 0.1) is 0 Å². The molecule has 0 aliphatic rings. The molecule has 0 unspecified atom stereocenters. The molecule has 18 heavy (non-hydrogen) atoms. The first kappa shape index (κ1) is 12.0. The van der Waals surface area contributed by atoms with Gasteiger partial charge in [-0.2, -0.15) is 5.10 Å². The number of aryl methyl sites for hydroxylation is 1. The lowest BCUT2D eigenvalue weighted by Gasteiger charge is -2.06. The second-order valence-corrected chi connectivity index (χ2v) is 3.93. The van der Waals surface area contributed by atoms with E-state index in [9.17, 15) is 9.59 Å². The molecule has 0 saturated heterocycles. The summed E-state index contributed by atoms with van der Waals surface area (Å²) in [4.78, 5) is 23.2. The van der Waals surface area contributed by atoms with Gasteiger partial charge in [-0.1, -0.05) is 12.1 Å². The molecule has 1 N–H and O–H groups in total. The molecule has 0 atom stereocenters. The van der Waals surface area contributed by atoms with E-state index in [4.69, 9.17) is 0 Å². The highest BCUT2D eigenvalue weighted by atomic mass is 16.2. The zero-order chi connectivity index (χ0) is 13.1. The van der Waals surface area contributed by atoms with Gasteiger partial charge in [0.25, 0.3) is 5.91 Å². The highest BCUT2D eigenvalue weighted by molar-refractivity contribution is 6.04. The fourth-order valence-corrected chi connectivity index (χ4v) is 1.61. The number of ketones is 1. The van der Waals surface area contributed by atoms with Gasteiger partial charge in [0.2, 0.25) is 0 Å². The normalized spacial score (nSPS) is 10.1. The number of nitrogens with one attached hydrogen (secondary N) is 1. The molecule has 2 aromatic rings. The fraction of sp³-hybridized carbons (Fsp3) is 0.154. The predicted octanol–water partition coefficient (Wildman–Crippen LogP) is 1.87. The van der Waals surface area contributed by atoms with Crippen molar-refractivity contribution in [2.24, 2.45) is 7.05 Å². The quantitative estimate of drug-likeness (QED) is 0.837. The lowest BCUT2D eigenvalue weighted by molar-refractivity contribution is 0.100. The highest BCUT2D eigenvalue weighted by Crippen LogP contribution is 2.12. The third-order valence-electron chi connectivity index (χ3n) is 2.58. The summed E-state index contributed by atoms with van der Waals surface area (Å²) < 4.78 is 1.49. The van der Waals surface area contributed by atoms with Gasteiger partial charge >= 0.3 is 0 Å². The van der Waals surface area contributed by atoms with Crippen LogP contribution in [0.15, 0.2) is 36.5 Å². The van der Waals surface area contributed by atoms with E-state index in [0.717, 1.165) is 0 Å². The monoisotopic (exact) mass is 243 g/mol. The number of carbonyl (C=O) groups excluding carboxylic acids is 2. The standard InChI is InChI=1S/C13H13N3O2/c1-9(17)10-4-3-5-11(8-10)15-13(18)12-6-7-14-16(12)2/h3-8H,1-2H3,(H,15,18). The Morgan fingerprint density at radius 2 is 2.06 bits per heavy atom. The average molecular weight is 243 g/mol. The van der Waals surface area contributed by atoms with Crippen molar-refractivity contribution in [2.45, 2.75) is 6.92 Å². The molecule has 1 aromatic heterocycles. The van der Waals surface area contributed by atoms with E-state index in [1.165, 1.54) is 11.6 Å². The van der Waals surface area contributed by atoms with Gasteiger partial charge in [0, 0.05) is 24.5 Å². The molecule has 2 rings (SSSR count). The minimum absolute atomic E-state index is 0.0355. The maximum Gasteiger partial charge on any atom is 0.273 e. The van der Waals surface area contributed by atoms with Crippen molar-refractivity contribution in [3.63, 3.8) is 0 Å². The second kappa shape index (κ2) is 4.83. The number of rotatable bonds is 3. The molecule has 5 nitrogen and oxygen atoms in total. The number of Topliss-reactive ketones (excluding diaryl/α,β-unsaturated/α-hetero) is 1. The fourth-order valence-electron chi connectivity index (χ4n) is 1.61. The summed E-state index contributed by atoms with van der Waals surface area (Å²) in [7, 11) is 1.70. The Kier molecular flexibility index (Phi) is 3.23. The number of hydrogen-bond acceptors (Lipinski definition) is 3. The maximum atomic E-state index is 11.9. The van der Waals surface area contributed by atoms with Crippen LogP contribution in [0.1, 0.15) is 27.8 Å². The van der Waals surface area contributed by atoms with E-state index in [1.54, 1.807) is 43.6 Å². The summed E-state index contributed by atoms with van der Waals surface area (Å²) in [6.07, 6.45) is 1.56. The Balaban J connectivity index is 2.20. The first-order valence-electron chi connectivity index (χ1n) is 5.48. The van der Waals surface area contributed by atoms with E-state index >= 15 is 0 Å². The number of carbonyl (C=O) groups is 2. The molecule has 0 radical (unpaired) electrons. The largest absolute Gasteiger partial charge is 0.321 e. The second-order valence-electron chi connectivity index (χ2n) is 3.93. The summed E-state index contributed by atoms with van der Waals surface area (Å²) in [6.45, 7) is 1.49. The first-order valence-corrected chi connectivity index (χ1v) is 5.48. The minimum Gasteiger partial charge on any atom is -0.321 e. The summed E-state index contributed by atoms with van der Waals surface area (Å²) in [6, 6.07) is 8.46. The van der Waals surface area contributed by atoms with Crippen LogP contribution in [0.3, 0.4) is 0 Å². The Labute approximate surface area is 104 Å². The predicted molar refractivity (Wildman–Crippen MR) is 67.6 cm³/mol. The van der Waals surface area contributed by atoms with Crippen molar-refractivity contribution in [3.05, 3.63) is 47.8 Å². The lowest BCUT2D eigenvalue weighted by Crippen LogP contribution is -2.16. The van der Waals surface area contributed by atoms with Gasteiger partial charge in [-0.05, 0) is 25.1 Å². The van der Waals surface area contributed by atoms with Crippen LogP contribution in [0.5, 0.6) is 0 Å². The van der Waals surface area contributed by atoms with Gasteiger partial charge in [0.1, 0.15) is 5.69 Å². The molecular formula is C13H13N3O2. The number of aromatic nitrogens is 2. The molecule has 0 fully saturated rings. The Morgan fingerprint density at radius 3 is 2.67 bits per heavy atom. The summed E-state index contributed by atoms with van der Waals surface area (Å²) in [5.41, 5.74) is 1.62. The molecule has 1 amide bonds. The Bertz CT molecular complexity index is 602. The number of benzene rings is 1. The molecule has 0 aliphatic heterocycles. The third-order valence-corrected chi connectivity index (χ3v) is 2.58. The SMILES string of the molecule is CC(=O)c1cccc(NC(=O)c2ccnn2C)c1. The zero-order valence-corrected chi connectivity index (χ0v) is 10.2. The molecule has 1 aromatic carbocycles. The number of nitrogens with zero attached hydrogens (tertiary/aromatic N) is 2. The van der Waals surface area contributed by atoms with Crippen LogP contribution in [0.4, 0.5) is 5.69 Å². The smallest absolute Gasteiger partial charge is 0.273 e. The number of anilines is 1. The van der Waals surface area contributed by atoms with Crippen molar-refractivity contribution >= 4 is 17.4 Å². The maximum absolute atomic E-state index is 11.9. The van der Waals surface area contributed by atoms with Crippen LogP contribution in [-0.4, -0.2) is 21.5 Å².